The van der Waals surface area contributed by atoms with Crippen LogP contribution in [-0.4, -0.2) is 0 Å². The molecule has 48 valence electrons. The van der Waals surface area contributed by atoms with E-state index in [9.17, 15) is 0 Å². The first-order valence-electron chi connectivity index (χ1n) is 3.44. The molecule has 0 saturated heterocycles. The van der Waals surface area contributed by atoms with Crippen LogP contribution >= 0.6 is 11.3 Å². The molecule has 0 unspecified atom stereocenters. The standard InChI is InChI=1S/C9H6S/c1-2-4-8-6(3-1)7-5-9(7)10-8/h1-4H,5H2. The second kappa shape index (κ2) is 1.43. The number of fused-ring (bicyclic) bond motifs is 3. The summed E-state index contributed by atoms with van der Waals surface area (Å²) in [4.78, 5) is 1.60. The summed E-state index contributed by atoms with van der Waals surface area (Å²) >= 11 is 1.94. The lowest BCUT2D eigenvalue weighted by molar-refractivity contribution is 1.64. The van der Waals surface area contributed by atoms with E-state index < -0.39 is 0 Å². The van der Waals surface area contributed by atoms with Crippen LogP contribution in [0.1, 0.15) is 10.4 Å². The van der Waals surface area contributed by atoms with Crippen molar-refractivity contribution in [1.82, 2.24) is 0 Å². The Morgan fingerprint density at radius 3 is 3.00 bits per heavy atom. The Bertz CT molecular complexity index is 398. The van der Waals surface area contributed by atoms with Crippen molar-refractivity contribution in [2.24, 2.45) is 0 Å². The van der Waals surface area contributed by atoms with E-state index in [0.29, 0.717) is 0 Å². The summed E-state index contributed by atoms with van der Waals surface area (Å²) in [5.41, 5.74) is 1.60. The molecule has 0 radical (unpaired) electrons. The normalized spacial score (nSPS) is 13.6. The summed E-state index contributed by atoms with van der Waals surface area (Å²) in [6.45, 7) is 0. The van der Waals surface area contributed by atoms with E-state index in [2.05, 4.69) is 24.3 Å². The highest BCUT2D eigenvalue weighted by Gasteiger charge is 2.22. The third kappa shape index (κ3) is 0.469. The van der Waals surface area contributed by atoms with Gasteiger partial charge in [-0.05, 0) is 17.0 Å². The van der Waals surface area contributed by atoms with Gasteiger partial charge in [0.05, 0.1) is 0 Å². The molecule has 0 aliphatic heterocycles. The molecule has 1 aromatic carbocycles. The van der Waals surface area contributed by atoms with Gasteiger partial charge in [0.15, 0.2) is 0 Å². The second-order valence-corrected chi connectivity index (χ2v) is 3.81. The van der Waals surface area contributed by atoms with E-state index in [1.165, 1.54) is 16.5 Å². The minimum Gasteiger partial charge on any atom is -0.140 e. The number of benzene rings is 1. The third-order valence-corrected chi connectivity index (χ3v) is 3.21. The molecule has 1 aromatic heterocycles. The summed E-state index contributed by atoms with van der Waals surface area (Å²) in [5.74, 6) is 0. The minimum atomic E-state index is 1.27. The van der Waals surface area contributed by atoms with Gasteiger partial charge in [0, 0.05) is 16.0 Å². The Balaban J connectivity index is 2.60. The average Bonchev–Trinajstić information content (AvgIpc) is 2.64. The van der Waals surface area contributed by atoms with Gasteiger partial charge in [0.2, 0.25) is 0 Å². The summed E-state index contributed by atoms with van der Waals surface area (Å²) in [6.07, 6.45) is 1.27. The highest BCUT2D eigenvalue weighted by Crippen LogP contribution is 2.42. The Morgan fingerprint density at radius 1 is 1.20 bits per heavy atom. The molecular formula is C9H6S. The smallest absolute Gasteiger partial charge is 0.0348 e. The van der Waals surface area contributed by atoms with Gasteiger partial charge in [-0.1, -0.05) is 18.2 Å². The highest BCUT2D eigenvalue weighted by molar-refractivity contribution is 7.20. The number of hydrogen-bond acceptors (Lipinski definition) is 1. The van der Waals surface area contributed by atoms with Crippen LogP contribution < -0.4 is 0 Å². The third-order valence-electron chi connectivity index (χ3n) is 1.99. The predicted octanol–water partition coefficient (Wildman–Crippen LogP) is 2.81. The quantitative estimate of drug-likeness (QED) is 0.457. The van der Waals surface area contributed by atoms with Crippen LogP contribution in [0.25, 0.3) is 10.1 Å². The van der Waals surface area contributed by atoms with Crippen molar-refractivity contribution in [3.63, 3.8) is 0 Å². The van der Waals surface area contributed by atoms with Gasteiger partial charge in [0.1, 0.15) is 0 Å². The fourth-order valence-electron chi connectivity index (χ4n) is 1.40. The SMILES string of the molecule is c1ccc2c3c(sc2c1)C3. The van der Waals surface area contributed by atoms with Gasteiger partial charge in [-0.3, -0.25) is 0 Å². The maximum atomic E-state index is 2.22. The lowest BCUT2D eigenvalue weighted by atomic mass is 10.2. The molecule has 1 heteroatoms. The second-order valence-electron chi connectivity index (χ2n) is 2.68. The van der Waals surface area contributed by atoms with Gasteiger partial charge in [-0.15, -0.1) is 11.3 Å². The molecule has 3 rings (SSSR count). The Kier molecular flexibility index (Phi) is 0.702. The van der Waals surface area contributed by atoms with Crippen molar-refractivity contribution >= 4 is 21.4 Å². The van der Waals surface area contributed by atoms with Crippen molar-refractivity contribution < 1.29 is 0 Å². The van der Waals surface area contributed by atoms with Crippen molar-refractivity contribution in [1.29, 1.82) is 0 Å². The van der Waals surface area contributed by atoms with E-state index in [-0.39, 0.29) is 0 Å². The van der Waals surface area contributed by atoms with Crippen molar-refractivity contribution in [2.45, 2.75) is 6.42 Å². The van der Waals surface area contributed by atoms with Crippen LogP contribution in [0.15, 0.2) is 24.3 Å². The molecule has 0 fully saturated rings. The van der Waals surface area contributed by atoms with Crippen molar-refractivity contribution in [3.8, 4) is 0 Å². The topological polar surface area (TPSA) is 0 Å². The van der Waals surface area contributed by atoms with E-state index in [4.69, 9.17) is 0 Å². The zero-order valence-corrected chi connectivity index (χ0v) is 6.24. The molecule has 0 nitrogen and oxygen atoms in total. The maximum absolute atomic E-state index is 2.22. The van der Waals surface area contributed by atoms with Gasteiger partial charge in [-0.2, -0.15) is 0 Å². The molecule has 10 heavy (non-hydrogen) atoms. The minimum absolute atomic E-state index is 1.27. The maximum Gasteiger partial charge on any atom is 0.0348 e. The van der Waals surface area contributed by atoms with Gasteiger partial charge in [-0.25, -0.2) is 0 Å². The molecule has 0 saturated carbocycles. The zero-order valence-electron chi connectivity index (χ0n) is 5.42. The van der Waals surface area contributed by atoms with Crippen LogP contribution in [-0.2, 0) is 6.42 Å². The Morgan fingerprint density at radius 2 is 2.10 bits per heavy atom. The first-order valence-corrected chi connectivity index (χ1v) is 4.26. The Hall–Kier alpha value is -0.820. The molecule has 1 heterocycles. The molecule has 0 spiro atoms. The zero-order chi connectivity index (χ0) is 6.55. The molecule has 2 aromatic rings. The predicted molar refractivity (Wildman–Crippen MR) is 44.6 cm³/mol. The molecule has 0 bridgehead atoms. The monoisotopic (exact) mass is 146 g/mol. The van der Waals surface area contributed by atoms with E-state index >= 15 is 0 Å². The summed E-state index contributed by atoms with van der Waals surface area (Å²) in [6, 6.07) is 8.65. The largest absolute Gasteiger partial charge is 0.140 e. The Labute approximate surface area is 63.1 Å². The van der Waals surface area contributed by atoms with Gasteiger partial charge >= 0.3 is 0 Å². The van der Waals surface area contributed by atoms with Gasteiger partial charge in [0.25, 0.3) is 0 Å². The van der Waals surface area contributed by atoms with E-state index in [1.54, 1.807) is 10.4 Å². The summed E-state index contributed by atoms with van der Waals surface area (Å²) in [5, 5.41) is 1.49. The number of rotatable bonds is 0. The highest BCUT2D eigenvalue weighted by atomic mass is 32.1. The first-order chi connectivity index (χ1) is 4.95. The molecule has 0 atom stereocenters. The molecular weight excluding hydrogens is 140 g/mol. The van der Waals surface area contributed by atoms with Crippen molar-refractivity contribution in [2.75, 3.05) is 0 Å². The summed E-state index contributed by atoms with van der Waals surface area (Å²) < 4.78 is 1.46. The fraction of sp³-hybridized carbons (Fsp3) is 0.111. The van der Waals surface area contributed by atoms with Crippen LogP contribution in [0, 0.1) is 0 Å². The lowest BCUT2D eigenvalue weighted by Gasteiger charge is -1.86. The molecule has 0 N–H and O–H groups in total. The van der Waals surface area contributed by atoms with E-state index in [1.807, 2.05) is 11.3 Å². The number of hydrogen-bond donors (Lipinski definition) is 0. The average molecular weight is 146 g/mol. The van der Waals surface area contributed by atoms with Crippen LogP contribution in [0.4, 0.5) is 0 Å². The van der Waals surface area contributed by atoms with Gasteiger partial charge < -0.3 is 0 Å². The molecule has 1 aliphatic carbocycles. The molecule has 1 aliphatic rings. The van der Waals surface area contributed by atoms with Crippen LogP contribution in [0.2, 0.25) is 0 Å². The van der Waals surface area contributed by atoms with Crippen molar-refractivity contribution in [3.05, 3.63) is 34.7 Å². The van der Waals surface area contributed by atoms with Crippen LogP contribution in [0.3, 0.4) is 0 Å². The fourth-order valence-corrected chi connectivity index (χ4v) is 2.56. The lowest BCUT2D eigenvalue weighted by Crippen LogP contribution is -1.61. The van der Waals surface area contributed by atoms with E-state index in [0.717, 1.165) is 0 Å². The number of thiophene rings is 1. The first kappa shape index (κ1) is 4.91. The molecule has 0 amide bonds. The summed E-state index contributed by atoms with van der Waals surface area (Å²) in [7, 11) is 0. The van der Waals surface area contributed by atoms with Crippen LogP contribution in [0.5, 0.6) is 0 Å².